The normalized spacial score (nSPS) is 20.3. The molecule has 0 aromatic heterocycles. The number of alkyl halides is 2. The molecule has 1 fully saturated rings. The van der Waals surface area contributed by atoms with Crippen molar-refractivity contribution in [2.75, 3.05) is 6.61 Å². The maximum Gasteiger partial charge on any atom is 0.315 e. The van der Waals surface area contributed by atoms with Crippen molar-refractivity contribution >= 4 is 46.7 Å². The van der Waals surface area contributed by atoms with E-state index in [9.17, 15) is 24.5 Å². The molecule has 1 aromatic rings. The van der Waals surface area contributed by atoms with Gasteiger partial charge in [0.1, 0.15) is 9.75 Å². The molecule has 1 aliphatic carbocycles. The largest absolute Gasteiger partial charge is 0.455 e. The van der Waals surface area contributed by atoms with E-state index in [0.29, 0.717) is 0 Å². The van der Waals surface area contributed by atoms with E-state index in [2.05, 4.69) is 10.9 Å². The summed E-state index contributed by atoms with van der Waals surface area (Å²) in [5.41, 5.74) is 3.01. The van der Waals surface area contributed by atoms with Crippen LogP contribution < -0.4 is 10.9 Å². The third-order valence-corrected chi connectivity index (χ3v) is 4.80. The van der Waals surface area contributed by atoms with Crippen LogP contribution in [0.4, 0.5) is 5.69 Å². The zero-order chi connectivity index (χ0) is 18.8. The molecule has 2 N–H and O–H groups in total. The van der Waals surface area contributed by atoms with Crippen molar-refractivity contribution in [3.8, 4) is 0 Å². The van der Waals surface area contributed by atoms with E-state index in [1.54, 1.807) is 0 Å². The second-order valence-corrected chi connectivity index (χ2v) is 7.08. The number of nitrogens with one attached hydrogen (secondary N) is 2. The Balaban J connectivity index is 1.77. The summed E-state index contributed by atoms with van der Waals surface area (Å²) in [5, 5.41) is 10.5. The molecule has 2 amide bonds. The number of ether oxygens (including phenoxy) is 1. The first-order valence-corrected chi connectivity index (χ1v) is 7.71. The second kappa shape index (κ2) is 6.85. The van der Waals surface area contributed by atoms with Gasteiger partial charge in [-0.25, -0.2) is 0 Å². The highest BCUT2D eigenvalue weighted by atomic mass is 35.5. The van der Waals surface area contributed by atoms with Gasteiger partial charge in [-0.3, -0.25) is 35.3 Å². The first-order chi connectivity index (χ1) is 11.6. The molecule has 1 aliphatic rings. The molecule has 0 unspecified atom stereocenters. The van der Waals surface area contributed by atoms with Gasteiger partial charge in [0.15, 0.2) is 6.61 Å². The number of hydrogen-bond acceptors (Lipinski definition) is 6. The van der Waals surface area contributed by atoms with Crippen LogP contribution in [-0.4, -0.2) is 33.6 Å². The van der Waals surface area contributed by atoms with Gasteiger partial charge in [-0.05, 0) is 19.1 Å². The number of hydrogen-bond donors (Lipinski definition) is 2. The summed E-state index contributed by atoms with van der Waals surface area (Å²) in [4.78, 5) is 45.1. The van der Waals surface area contributed by atoms with E-state index in [-0.39, 0.29) is 17.7 Å². The average molecular weight is 390 g/mol. The van der Waals surface area contributed by atoms with Crippen molar-refractivity contribution in [3.63, 3.8) is 0 Å². The third-order valence-electron chi connectivity index (χ3n) is 3.70. The number of rotatable bonds is 5. The number of halogens is 2. The Bertz CT molecular complexity index is 737. The van der Waals surface area contributed by atoms with Gasteiger partial charge in [0.2, 0.25) is 0 Å². The van der Waals surface area contributed by atoms with Gasteiger partial charge in [0.05, 0.1) is 4.92 Å². The zero-order valence-electron chi connectivity index (χ0n) is 12.9. The number of benzene rings is 1. The maximum absolute atomic E-state index is 11.8. The van der Waals surface area contributed by atoms with E-state index >= 15 is 0 Å². The van der Waals surface area contributed by atoms with E-state index in [0.717, 1.165) is 12.1 Å². The highest BCUT2D eigenvalue weighted by molar-refractivity contribution is 6.53. The molecule has 0 spiro atoms. The van der Waals surface area contributed by atoms with Gasteiger partial charge in [-0.1, -0.05) is 0 Å². The summed E-state index contributed by atoms with van der Waals surface area (Å²) in [6.45, 7) is 0.891. The predicted molar refractivity (Wildman–Crippen MR) is 86.8 cm³/mol. The van der Waals surface area contributed by atoms with Crippen LogP contribution in [0.2, 0.25) is 0 Å². The Morgan fingerprint density at radius 2 is 1.80 bits per heavy atom. The number of esters is 1. The Morgan fingerprint density at radius 3 is 2.28 bits per heavy atom. The quantitative estimate of drug-likeness (QED) is 0.339. The molecular formula is C14H13Cl2N3O6. The van der Waals surface area contributed by atoms with Crippen LogP contribution in [0.25, 0.3) is 0 Å². The maximum atomic E-state index is 11.8. The van der Waals surface area contributed by atoms with Gasteiger partial charge in [0.25, 0.3) is 17.5 Å². The fourth-order valence-corrected chi connectivity index (χ4v) is 2.57. The number of non-ortho nitro benzene ring substituents is 1. The van der Waals surface area contributed by atoms with Crippen LogP contribution in [0.3, 0.4) is 0 Å². The fraction of sp³-hybridized carbons (Fsp3) is 0.357. The van der Waals surface area contributed by atoms with E-state index in [1.165, 1.54) is 19.1 Å². The molecule has 2 rings (SSSR count). The molecule has 11 heteroatoms. The first-order valence-electron chi connectivity index (χ1n) is 6.95. The van der Waals surface area contributed by atoms with Crippen LogP contribution in [0.5, 0.6) is 0 Å². The van der Waals surface area contributed by atoms with Gasteiger partial charge < -0.3 is 4.74 Å². The van der Waals surface area contributed by atoms with Gasteiger partial charge in [0, 0.05) is 24.1 Å². The standard InChI is InChI=1S/C14H13Cl2N3O6/c1-13(7-14(13,15)16)12(22)25-6-10(20)17-18-11(21)8-2-4-9(5-3-8)19(23)24/h2-5H,6-7H2,1H3,(H,17,20)(H,18,21)/t13-/m0/s1. The van der Waals surface area contributed by atoms with Crippen molar-refractivity contribution in [1.82, 2.24) is 10.9 Å². The predicted octanol–water partition coefficient (Wildman–Crippen LogP) is 1.48. The average Bonchev–Trinajstić information content (AvgIpc) is 3.09. The lowest BCUT2D eigenvalue weighted by Crippen LogP contribution is -2.44. The summed E-state index contributed by atoms with van der Waals surface area (Å²) in [5.74, 6) is -2.18. The van der Waals surface area contributed by atoms with Crippen molar-refractivity contribution in [3.05, 3.63) is 39.9 Å². The van der Waals surface area contributed by atoms with Gasteiger partial charge in [-0.2, -0.15) is 0 Å². The molecule has 1 saturated carbocycles. The molecule has 0 saturated heterocycles. The Morgan fingerprint density at radius 1 is 1.24 bits per heavy atom. The minimum atomic E-state index is -1.20. The topological polar surface area (TPSA) is 128 Å². The highest BCUT2D eigenvalue weighted by Gasteiger charge is 2.69. The molecule has 1 atom stereocenters. The molecule has 9 nitrogen and oxygen atoms in total. The molecule has 25 heavy (non-hydrogen) atoms. The number of carbonyl (C=O) groups excluding carboxylic acids is 3. The minimum absolute atomic E-state index is 0.0995. The molecule has 1 aromatic carbocycles. The van der Waals surface area contributed by atoms with Crippen LogP contribution in [-0.2, 0) is 14.3 Å². The summed E-state index contributed by atoms with van der Waals surface area (Å²) < 4.78 is 3.60. The second-order valence-electron chi connectivity index (χ2n) is 5.60. The zero-order valence-corrected chi connectivity index (χ0v) is 14.4. The van der Waals surface area contributed by atoms with E-state index in [1.807, 2.05) is 0 Å². The molecule has 0 radical (unpaired) electrons. The monoisotopic (exact) mass is 389 g/mol. The molecule has 0 heterocycles. The lowest BCUT2D eigenvalue weighted by Gasteiger charge is -2.12. The smallest absolute Gasteiger partial charge is 0.315 e. The van der Waals surface area contributed by atoms with Gasteiger partial charge >= 0.3 is 5.97 Å². The van der Waals surface area contributed by atoms with E-state index < -0.39 is 39.1 Å². The summed E-state index contributed by atoms with van der Waals surface area (Å²) in [7, 11) is 0. The number of nitrogens with zero attached hydrogens (tertiary/aromatic N) is 1. The van der Waals surface area contributed by atoms with Crippen molar-refractivity contribution in [1.29, 1.82) is 0 Å². The minimum Gasteiger partial charge on any atom is -0.455 e. The van der Waals surface area contributed by atoms with E-state index in [4.69, 9.17) is 27.9 Å². The van der Waals surface area contributed by atoms with Crippen LogP contribution >= 0.6 is 23.2 Å². The van der Waals surface area contributed by atoms with Crippen molar-refractivity contribution < 1.29 is 24.0 Å². The van der Waals surface area contributed by atoms with Crippen LogP contribution in [0, 0.1) is 15.5 Å². The SMILES string of the molecule is C[C@@]1(C(=O)OCC(=O)NNC(=O)c2ccc([N+](=O)[O-])cc2)CC1(Cl)Cl. The number of nitro groups is 1. The lowest BCUT2D eigenvalue weighted by molar-refractivity contribution is -0.384. The Hall–Kier alpha value is -2.39. The third kappa shape index (κ3) is 4.18. The molecule has 0 aliphatic heterocycles. The van der Waals surface area contributed by atoms with Crippen LogP contribution in [0.1, 0.15) is 23.7 Å². The van der Waals surface area contributed by atoms with Crippen LogP contribution in [0.15, 0.2) is 24.3 Å². The molecule has 0 bridgehead atoms. The summed E-state index contributed by atoms with van der Waals surface area (Å²) in [6.07, 6.45) is 0.223. The number of hydrazine groups is 1. The number of nitro benzene ring substituents is 1. The summed E-state index contributed by atoms with van der Waals surface area (Å²) in [6, 6.07) is 4.76. The Labute approximate surface area is 151 Å². The molecular weight excluding hydrogens is 377 g/mol. The molecule has 134 valence electrons. The fourth-order valence-electron chi connectivity index (χ4n) is 1.88. The van der Waals surface area contributed by atoms with Crippen molar-refractivity contribution in [2.24, 2.45) is 5.41 Å². The highest BCUT2D eigenvalue weighted by Crippen LogP contribution is 2.64. The Kier molecular flexibility index (Phi) is 5.19. The number of amides is 2. The van der Waals surface area contributed by atoms with Gasteiger partial charge in [-0.15, -0.1) is 23.2 Å². The number of carbonyl (C=O) groups is 3. The summed E-state index contributed by atoms with van der Waals surface area (Å²) >= 11 is 11.6. The lowest BCUT2D eigenvalue weighted by atomic mass is 10.1. The first kappa shape index (κ1) is 18.9. The van der Waals surface area contributed by atoms with Crippen molar-refractivity contribution in [2.45, 2.75) is 17.7 Å².